The quantitative estimate of drug-likeness (QED) is 0.920. The summed E-state index contributed by atoms with van der Waals surface area (Å²) in [5, 5.41) is 3.11. The number of hydrogen-bond donors (Lipinski definition) is 1. The molecular formula is C13H12F3N3O. The summed E-state index contributed by atoms with van der Waals surface area (Å²) in [6, 6.07) is 5.44. The van der Waals surface area contributed by atoms with Crippen LogP contribution in [0.15, 0.2) is 30.7 Å². The topological polar surface area (TPSA) is 39.1 Å². The largest absolute Gasteiger partial charge is 0.491 e. The van der Waals surface area contributed by atoms with E-state index in [-0.39, 0.29) is 6.04 Å². The second-order valence-corrected chi connectivity index (χ2v) is 4.54. The number of alkyl halides is 3. The molecule has 1 N–H and O–H groups in total. The summed E-state index contributed by atoms with van der Waals surface area (Å²) < 4.78 is 44.4. The fraction of sp³-hybridized carbons (Fsp3) is 0.308. The zero-order valence-corrected chi connectivity index (χ0v) is 10.6. The summed E-state index contributed by atoms with van der Waals surface area (Å²) in [7, 11) is 1.84. The third-order valence-corrected chi connectivity index (χ3v) is 3.30. The van der Waals surface area contributed by atoms with Gasteiger partial charge in [0, 0.05) is 17.8 Å². The minimum atomic E-state index is -4.43. The maximum absolute atomic E-state index is 12.5. The molecule has 7 heteroatoms. The maximum Gasteiger partial charge on any atom is 0.434 e. The number of likely N-dealkylation sites (N-methyl/N-ethyl adjacent to an activating group) is 1. The molecule has 1 atom stereocenters. The highest BCUT2D eigenvalue weighted by Gasteiger charge is 2.33. The van der Waals surface area contributed by atoms with Gasteiger partial charge in [-0.3, -0.25) is 0 Å². The predicted molar refractivity (Wildman–Crippen MR) is 65.9 cm³/mol. The van der Waals surface area contributed by atoms with Crippen molar-refractivity contribution in [3.05, 3.63) is 42.0 Å². The summed E-state index contributed by atoms with van der Waals surface area (Å²) in [5.41, 5.74) is 0.683. The molecule has 1 unspecified atom stereocenters. The van der Waals surface area contributed by atoms with E-state index in [0.717, 1.165) is 18.1 Å². The number of aromatic nitrogens is 2. The van der Waals surface area contributed by atoms with Crippen LogP contribution in [-0.4, -0.2) is 23.2 Å². The molecule has 20 heavy (non-hydrogen) atoms. The van der Waals surface area contributed by atoms with E-state index in [1.54, 1.807) is 12.1 Å². The van der Waals surface area contributed by atoms with Crippen molar-refractivity contribution in [1.82, 2.24) is 14.9 Å². The first-order chi connectivity index (χ1) is 9.49. The van der Waals surface area contributed by atoms with Crippen LogP contribution in [0.1, 0.15) is 17.3 Å². The van der Waals surface area contributed by atoms with Crippen molar-refractivity contribution in [2.24, 2.45) is 0 Å². The van der Waals surface area contributed by atoms with Crippen LogP contribution in [-0.2, 0) is 6.18 Å². The molecule has 0 fully saturated rings. The molecule has 1 aromatic carbocycles. The Morgan fingerprint density at radius 2 is 2.20 bits per heavy atom. The molecule has 2 heterocycles. The molecule has 2 aromatic rings. The number of benzene rings is 1. The van der Waals surface area contributed by atoms with Crippen LogP contribution >= 0.6 is 0 Å². The lowest BCUT2D eigenvalue weighted by atomic mass is 10.1. The van der Waals surface area contributed by atoms with Crippen molar-refractivity contribution in [3.63, 3.8) is 0 Å². The molecule has 0 amide bonds. The number of nitrogens with one attached hydrogen (secondary N) is 1. The molecule has 0 saturated carbocycles. The van der Waals surface area contributed by atoms with E-state index in [1.165, 1.54) is 4.57 Å². The molecule has 0 radical (unpaired) electrons. The lowest BCUT2D eigenvalue weighted by Gasteiger charge is -2.07. The lowest BCUT2D eigenvalue weighted by Crippen LogP contribution is -2.17. The molecule has 106 valence electrons. The maximum atomic E-state index is 12.5. The van der Waals surface area contributed by atoms with Gasteiger partial charge in [0.2, 0.25) is 0 Å². The molecule has 0 saturated heterocycles. The summed E-state index contributed by atoms with van der Waals surface area (Å²) >= 11 is 0. The zero-order chi connectivity index (χ0) is 14.3. The number of nitrogens with zero attached hydrogens (tertiary/aromatic N) is 2. The average Bonchev–Trinajstić information content (AvgIpc) is 3.04. The van der Waals surface area contributed by atoms with Crippen molar-refractivity contribution >= 4 is 0 Å². The van der Waals surface area contributed by atoms with E-state index in [0.29, 0.717) is 18.0 Å². The average molecular weight is 283 g/mol. The van der Waals surface area contributed by atoms with Gasteiger partial charge >= 0.3 is 6.18 Å². The summed E-state index contributed by atoms with van der Waals surface area (Å²) in [5.74, 6) is 0.684. The lowest BCUT2D eigenvalue weighted by molar-refractivity contribution is -0.140. The molecule has 4 nitrogen and oxygen atoms in total. The van der Waals surface area contributed by atoms with E-state index >= 15 is 0 Å². The molecule has 3 rings (SSSR count). The molecule has 1 aliphatic heterocycles. The van der Waals surface area contributed by atoms with Gasteiger partial charge in [-0.15, -0.1) is 0 Å². The molecule has 0 spiro atoms. The highest BCUT2D eigenvalue weighted by atomic mass is 19.4. The fourth-order valence-corrected chi connectivity index (χ4v) is 2.21. The van der Waals surface area contributed by atoms with Gasteiger partial charge in [0.1, 0.15) is 12.4 Å². The monoisotopic (exact) mass is 283 g/mol. The zero-order valence-electron chi connectivity index (χ0n) is 10.6. The second-order valence-electron chi connectivity index (χ2n) is 4.54. The Kier molecular flexibility index (Phi) is 2.93. The van der Waals surface area contributed by atoms with E-state index < -0.39 is 11.9 Å². The fourth-order valence-electron chi connectivity index (χ4n) is 2.21. The van der Waals surface area contributed by atoms with Crippen molar-refractivity contribution in [3.8, 4) is 11.4 Å². The van der Waals surface area contributed by atoms with E-state index in [1.807, 2.05) is 13.1 Å². The van der Waals surface area contributed by atoms with Crippen LogP contribution in [0, 0.1) is 0 Å². The molecule has 1 aromatic heterocycles. The van der Waals surface area contributed by atoms with Crippen molar-refractivity contribution in [1.29, 1.82) is 0 Å². The Hall–Kier alpha value is -2.02. The Bertz CT molecular complexity index is 636. The third kappa shape index (κ3) is 2.14. The van der Waals surface area contributed by atoms with Crippen LogP contribution in [0.25, 0.3) is 5.69 Å². The van der Waals surface area contributed by atoms with Crippen LogP contribution in [0.2, 0.25) is 0 Å². The first kappa shape index (κ1) is 13.0. The Morgan fingerprint density at radius 3 is 2.85 bits per heavy atom. The van der Waals surface area contributed by atoms with Gasteiger partial charge in [0.05, 0.1) is 18.1 Å². The number of fused-ring (bicyclic) bond motifs is 1. The van der Waals surface area contributed by atoms with Crippen molar-refractivity contribution in [2.45, 2.75) is 12.2 Å². The smallest absolute Gasteiger partial charge is 0.434 e. The Labute approximate surface area is 113 Å². The van der Waals surface area contributed by atoms with Crippen molar-refractivity contribution in [2.75, 3.05) is 13.7 Å². The molecule has 0 aliphatic carbocycles. The SMILES string of the molecule is CNC1COc2cc(-n3cnc(C(F)(F)F)c3)ccc21. The highest BCUT2D eigenvalue weighted by Crippen LogP contribution is 2.34. The van der Waals surface area contributed by atoms with Gasteiger partial charge in [0.15, 0.2) is 5.69 Å². The highest BCUT2D eigenvalue weighted by molar-refractivity contribution is 5.48. The number of ether oxygens (including phenoxy) is 1. The van der Waals surface area contributed by atoms with E-state index in [2.05, 4.69) is 10.3 Å². The van der Waals surface area contributed by atoms with E-state index in [4.69, 9.17) is 4.74 Å². The first-order valence-electron chi connectivity index (χ1n) is 6.04. The molecule has 1 aliphatic rings. The van der Waals surface area contributed by atoms with Gasteiger partial charge in [-0.25, -0.2) is 4.98 Å². The Balaban J connectivity index is 1.94. The minimum Gasteiger partial charge on any atom is -0.491 e. The van der Waals surface area contributed by atoms with E-state index in [9.17, 15) is 13.2 Å². The number of imidazole rings is 1. The van der Waals surface area contributed by atoms with Crippen LogP contribution in [0.5, 0.6) is 5.75 Å². The third-order valence-electron chi connectivity index (χ3n) is 3.30. The van der Waals surface area contributed by atoms with Crippen LogP contribution in [0.3, 0.4) is 0 Å². The number of rotatable bonds is 2. The Morgan fingerprint density at radius 1 is 1.40 bits per heavy atom. The summed E-state index contributed by atoms with van der Waals surface area (Å²) in [4.78, 5) is 3.37. The van der Waals surface area contributed by atoms with Crippen molar-refractivity contribution < 1.29 is 17.9 Å². The van der Waals surface area contributed by atoms with Gasteiger partial charge in [0.25, 0.3) is 0 Å². The molecular weight excluding hydrogens is 271 g/mol. The second kappa shape index (κ2) is 4.52. The number of halogens is 3. The summed E-state index contributed by atoms with van der Waals surface area (Å²) in [6.45, 7) is 0.521. The first-order valence-corrected chi connectivity index (χ1v) is 6.04. The van der Waals surface area contributed by atoms with Gasteiger partial charge in [-0.2, -0.15) is 13.2 Å². The summed E-state index contributed by atoms with van der Waals surface area (Å²) in [6.07, 6.45) is -2.32. The number of hydrogen-bond acceptors (Lipinski definition) is 3. The van der Waals surface area contributed by atoms with Crippen LogP contribution in [0.4, 0.5) is 13.2 Å². The van der Waals surface area contributed by atoms with Crippen LogP contribution < -0.4 is 10.1 Å². The predicted octanol–water partition coefficient (Wildman–Crippen LogP) is 2.54. The normalized spacial score (nSPS) is 17.9. The molecule has 0 bridgehead atoms. The van der Waals surface area contributed by atoms with Gasteiger partial charge in [-0.1, -0.05) is 6.07 Å². The minimum absolute atomic E-state index is 0.118. The van der Waals surface area contributed by atoms with Gasteiger partial charge < -0.3 is 14.6 Å². The standard InChI is InChI=1S/C13H12F3N3O/c1-17-10-6-20-11-4-8(2-3-9(10)11)19-5-12(18-7-19)13(14,15)16/h2-5,7,10,17H,6H2,1H3. The van der Waals surface area contributed by atoms with Gasteiger partial charge in [-0.05, 0) is 13.1 Å².